The first kappa shape index (κ1) is 20.0. The van der Waals surface area contributed by atoms with Crippen LogP contribution in [0.3, 0.4) is 0 Å². The minimum atomic E-state index is -5.00. The van der Waals surface area contributed by atoms with Crippen molar-refractivity contribution < 1.29 is 27.5 Å². The monoisotopic (exact) mass is 420 g/mol. The number of rotatable bonds is 4. The lowest BCUT2D eigenvalue weighted by Gasteiger charge is -2.25. The number of carbonyl (C=O) groups excluding carboxylic acids is 2. The summed E-state index contributed by atoms with van der Waals surface area (Å²) in [7, 11) is 1.56. The fourth-order valence-electron chi connectivity index (χ4n) is 2.52. The number of ether oxygens (including phenoxy) is 1. The molecule has 9 nitrogen and oxygen atoms in total. The SMILES string of the molecule is CN1NNN=C1NC(=O)c1ccc(OC(F)(F)F)c(NC(=O)C2CCC2)c1Cl. The van der Waals surface area contributed by atoms with E-state index in [4.69, 9.17) is 11.6 Å². The number of nitrogens with one attached hydrogen (secondary N) is 4. The number of amides is 2. The maximum Gasteiger partial charge on any atom is 0.573 e. The minimum Gasteiger partial charge on any atom is -0.404 e. The lowest BCUT2D eigenvalue weighted by Crippen LogP contribution is -2.45. The van der Waals surface area contributed by atoms with Crippen molar-refractivity contribution in [3.05, 3.63) is 22.7 Å². The van der Waals surface area contributed by atoms with Gasteiger partial charge in [-0.25, -0.2) is 5.53 Å². The summed E-state index contributed by atoms with van der Waals surface area (Å²) in [5, 5.41) is 9.52. The number of carbonyl (C=O) groups is 2. The second-order valence-electron chi connectivity index (χ2n) is 6.14. The van der Waals surface area contributed by atoms with Gasteiger partial charge >= 0.3 is 6.36 Å². The van der Waals surface area contributed by atoms with Crippen LogP contribution in [0.4, 0.5) is 18.9 Å². The molecule has 3 rings (SSSR count). The minimum absolute atomic E-state index is 0.108. The molecule has 1 fully saturated rings. The van der Waals surface area contributed by atoms with Crippen molar-refractivity contribution >= 4 is 35.1 Å². The number of nitrogens with zero attached hydrogens (tertiary/aromatic N) is 2. The quantitative estimate of drug-likeness (QED) is 0.593. The number of anilines is 1. The number of guanidine groups is 1. The van der Waals surface area contributed by atoms with E-state index < -0.39 is 29.6 Å². The maximum absolute atomic E-state index is 12.7. The molecule has 0 unspecified atom stereocenters. The molecule has 1 aromatic carbocycles. The molecule has 1 saturated carbocycles. The fourth-order valence-corrected chi connectivity index (χ4v) is 2.81. The zero-order valence-electron chi connectivity index (χ0n) is 14.5. The molecule has 4 N–H and O–H groups in total. The van der Waals surface area contributed by atoms with Gasteiger partial charge in [0.15, 0.2) is 5.75 Å². The van der Waals surface area contributed by atoms with Gasteiger partial charge in [-0.15, -0.1) is 23.8 Å². The first-order valence-electron chi connectivity index (χ1n) is 8.18. The number of benzene rings is 1. The Bertz CT molecular complexity index is 828. The van der Waals surface area contributed by atoms with Crippen molar-refractivity contribution in [2.75, 3.05) is 12.4 Å². The van der Waals surface area contributed by atoms with Crippen molar-refractivity contribution in [1.82, 2.24) is 21.4 Å². The highest BCUT2D eigenvalue weighted by Crippen LogP contribution is 2.39. The predicted octanol–water partition coefficient (Wildman–Crippen LogP) is 1.93. The summed E-state index contributed by atoms with van der Waals surface area (Å²) in [5.74, 6) is -2.13. The Kier molecular flexibility index (Phi) is 5.52. The maximum atomic E-state index is 12.7. The first-order valence-corrected chi connectivity index (χ1v) is 8.56. The molecule has 2 aliphatic rings. The summed E-state index contributed by atoms with van der Waals surface area (Å²) in [6.07, 6.45) is -2.88. The van der Waals surface area contributed by atoms with Gasteiger partial charge < -0.3 is 10.1 Å². The zero-order valence-corrected chi connectivity index (χ0v) is 15.2. The van der Waals surface area contributed by atoms with Crippen LogP contribution in [0.1, 0.15) is 29.6 Å². The van der Waals surface area contributed by atoms with E-state index >= 15 is 0 Å². The molecule has 0 spiro atoms. The van der Waals surface area contributed by atoms with E-state index in [0.29, 0.717) is 12.8 Å². The summed E-state index contributed by atoms with van der Waals surface area (Å²) >= 11 is 6.16. The van der Waals surface area contributed by atoms with Gasteiger partial charge in [-0.1, -0.05) is 18.0 Å². The third-order valence-corrected chi connectivity index (χ3v) is 4.61. The van der Waals surface area contributed by atoms with E-state index in [0.717, 1.165) is 18.6 Å². The summed E-state index contributed by atoms with van der Waals surface area (Å²) in [5.41, 5.74) is 4.39. The highest BCUT2D eigenvalue weighted by atomic mass is 35.5. The number of hydrazine groups is 2. The highest BCUT2D eigenvalue weighted by Gasteiger charge is 2.34. The van der Waals surface area contributed by atoms with Gasteiger partial charge in [0.2, 0.25) is 11.9 Å². The van der Waals surface area contributed by atoms with Crippen LogP contribution in [-0.4, -0.2) is 36.2 Å². The second kappa shape index (κ2) is 7.72. The van der Waals surface area contributed by atoms with Crippen LogP contribution in [0.15, 0.2) is 17.2 Å². The zero-order chi connectivity index (χ0) is 20.5. The number of hydrogen-bond donors (Lipinski definition) is 4. The standard InChI is InChI=1S/C15H16ClF3N6O3/c1-25-14(22-23-24-25)21-13(27)8-5-6-9(28-15(17,18)19)11(10(8)16)20-12(26)7-3-2-4-7/h5-7,23-24H,2-4H2,1H3,(H,20,26)(H,21,22,27). The van der Waals surface area contributed by atoms with Crippen LogP contribution in [0.2, 0.25) is 5.02 Å². The van der Waals surface area contributed by atoms with E-state index in [1.54, 1.807) is 7.05 Å². The molecule has 0 atom stereocenters. The molecule has 1 aromatic rings. The van der Waals surface area contributed by atoms with Gasteiger partial charge in [0.1, 0.15) is 5.69 Å². The van der Waals surface area contributed by atoms with Crippen molar-refractivity contribution in [3.63, 3.8) is 0 Å². The molecule has 0 aromatic heterocycles. The summed E-state index contributed by atoms with van der Waals surface area (Å²) in [6.45, 7) is 0. The van der Waals surface area contributed by atoms with Crippen LogP contribution >= 0.6 is 11.6 Å². The van der Waals surface area contributed by atoms with Crippen molar-refractivity contribution in [3.8, 4) is 5.75 Å². The summed E-state index contributed by atoms with van der Waals surface area (Å²) in [6, 6.07) is 1.98. The molecule has 0 saturated heterocycles. The van der Waals surface area contributed by atoms with Gasteiger partial charge in [-0.3, -0.25) is 19.9 Å². The second-order valence-corrected chi connectivity index (χ2v) is 6.52. The lowest BCUT2D eigenvalue weighted by atomic mass is 9.85. The predicted molar refractivity (Wildman–Crippen MR) is 93.0 cm³/mol. The smallest absolute Gasteiger partial charge is 0.404 e. The van der Waals surface area contributed by atoms with Gasteiger partial charge in [0.25, 0.3) is 5.91 Å². The van der Waals surface area contributed by atoms with Crippen LogP contribution in [0.25, 0.3) is 0 Å². The van der Waals surface area contributed by atoms with E-state index in [9.17, 15) is 22.8 Å². The molecular formula is C15H16ClF3N6O3. The Hall–Kier alpha value is -2.73. The molecule has 1 heterocycles. The number of alkyl halides is 3. The molecule has 28 heavy (non-hydrogen) atoms. The third-order valence-electron chi connectivity index (χ3n) is 4.22. The average molecular weight is 421 g/mol. The first-order chi connectivity index (χ1) is 13.2. The van der Waals surface area contributed by atoms with Gasteiger partial charge in [-0.05, 0) is 25.0 Å². The Balaban J connectivity index is 1.89. The molecule has 1 aliphatic heterocycles. The Morgan fingerprint density at radius 1 is 1.32 bits per heavy atom. The number of hydrazone groups is 1. The molecule has 1 aliphatic carbocycles. The van der Waals surface area contributed by atoms with Crippen LogP contribution < -0.4 is 26.4 Å². The fraction of sp³-hybridized carbons (Fsp3) is 0.400. The Morgan fingerprint density at radius 2 is 2.04 bits per heavy atom. The van der Waals surface area contributed by atoms with E-state index in [1.165, 1.54) is 5.01 Å². The number of halogens is 4. The molecule has 13 heteroatoms. The normalized spacial score (nSPS) is 16.8. The van der Waals surface area contributed by atoms with Crippen molar-refractivity contribution in [2.45, 2.75) is 25.6 Å². The summed E-state index contributed by atoms with van der Waals surface area (Å²) < 4.78 is 42.1. The van der Waals surface area contributed by atoms with E-state index in [2.05, 4.69) is 31.5 Å². The molecule has 0 bridgehead atoms. The van der Waals surface area contributed by atoms with Crippen molar-refractivity contribution in [2.24, 2.45) is 11.0 Å². The Labute approximate surface area is 162 Å². The van der Waals surface area contributed by atoms with Gasteiger partial charge in [0, 0.05) is 13.0 Å². The molecular weight excluding hydrogens is 405 g/mol. The van der Waals surface area contributed by atoms with E-state index in [-0.39, 0.29) is 22.5 Å². The summed E-state index contributed by atoms with van der Waals surface area (Å²) in [4.78, 5) is 24.7. The van der Waals surface area contributed by atoms with Crippen molar-refractivity contribution in [1.29, 1.82) is 0 Å². The van der Waals surface area contributed by atoms with Crippen LogP contribution in [0, 0.1) is 5.92 Å². The molecule has 0 radical (unpaired) electrons. The molecule has 2 amide bonds. The largest absolute Gasteiger partial charge is 0.573 e. The Morgan fingerprint density at radius 3 is 2.57 bits per heavy atom. The van der Waals surface area contributed by atoms with Gasteiger partial charge in [-0.2, -0.15) is 0 Å². The number of hydrogen-bond acceptors (Lipinski definition) is 7. The highest BCUT2D eigenvalue weighted by molar-refractivity contribution is 6.37. The van der Waals surface area contributed by atoms with Gasteiger partial charge in [0.05, 0.1) is 10.6 Å². The van der Waals surface area contributed by atoms with Crippen LogP contribution in [0.5, 0.6) is 5.75 Å². The lowest BCUT2D eigenvalue weighted by molar-refractivity contribution is -0.274. The molecule has 152 valence electrons. The van der Waals surface area contributed by atoms with Crippen LogP contribution in [-0.2, 0) is 4.79 Å². The topological polar surface area (TPSA) is 107 Å². The average Bonchev–Trinajstić information content (AvgIpc) is 2.93. The van der Waals surface area contributed by atoms with E-state index in [1.807, 2.05) is 0 Å². The third kappa shape index (κ3) is 4.39.